The first kappa shape index (κ1) is 16.6. The van der Waals surface area contributed by atoms with Crippen LogP contribution in [0, 0.1) is 5.92 Å². The highest BCUT2D eigenvalue weighted by molar-refractivity contribution is 5.84. The van der Waals surface area contributed by atoms with Gasteiger partial charge in [-0.2, -0.15) is 0 Å². The Bertz CT molecular complexity index is 253. The molecule has 0 radical (unpaired) electrons. The van der Waals surface area contributed by atoms with Crippen LogP contribution in [-0.4, -0.2) is 48.1 Å². The molecule has 1 aliphatic rings. The van der Waals surface area contributed by atoms with Gasteiger partial charge in [-0.05, 0) is 12.8 Å². The van der Waals surface area contributed by atoms with Crippen LogP contribution in [0.2, 0.25) is 0 Å². The highest BCUT2D eigenvalue weighted by atomic mass is 16.3. The van der Waals surface area contributed by atoms with E-state index < -0.39 is 0 Å². The first-order valence-electron chi connectivity index (χ1n) is 7.82. The lowest BCUT2D eigenvalue weighted by Gasteiger charge is -2.31. The molecule has 0 bridgehead atoms. The quantitative estimate of drug-likeness (QED) is 0.591. The van der Waals surface area contributed by atoms with Crippen LogP contribution in [-0.2, 0) is 4.79 Å². The molecule has 0 heterocycles. The Morgan fingerprint density at radius 1 is 1.32 bits per heavy atom. The summed E-state index contributed by atoms with van der Waals surface area (Å²) in [4.78, 5) is 14.3. The molecule has 3 N–H and O–H groups in total. The van der Waals surface area contributed by atoms with Crippen LogP contribution in [0.5, 0.6) is 0 Å². The van der Waals surface area contributed by atoms with Crippen molar-refractivity contribution in [1.82, 2.24) is 4.90 Å². The molecule has 4 heteroatoms. The Hall–Kier alpha value is -0.450. The van der Waals surface area contributed by atoms with Crippen LogP contribution in [0.1, 0.15) is 51.9 Å². The third-order valence-electron chi connectivity index (χ3n) is 4.21. The summed E-state index contributed by atoms with van der Waals surface area (Å²) in [6, 6.07) is 0.310. The Balaban J connectivity index is 2.50. The van der Waals surface area contributed by atoms with Gasteiger partial charge in [-0.25, -0.2) is 0 Å². The van der Waals surface area contributed by atoms with E-state index in [-0.39, 0.29) is 12.5 Å². The zero-order chi connectivity index (χ0) is 14.1. The lowest BCUT2D eigenvalue weighted by atomic mass is 9.94. The monoisotopic (exact) mass is 270 g/mol. The number of aliphatic hydroxyl groups excluding tert-OH is 1. The third kappa shape index (κ3) is 5.21. The molecule has 0 aromatic heterocycles. The van der Waals surface area contributed by atoms with Crippen molar-refractivity contribution in [3.63, 3.8) is 0 Å². The van der Waals surface area contributed by atoms with Gasteiger partial charge in [-0.3, -0.25) is 9.69 Å². The van der Waals surface area contributed by atoms with E-state index in [4.69, 9.17) is 10.8 Å². The second-order valence-corrected chi connectivity index (χ2v) is 5.58. The van der Waals surface area contributed by atoms with E-state index in [1.54, 1.807) is 0 Å². The fourth-order valence-corrected chi connectivity index (χ4v) is 3.21. The van der Waals surface area contributed by atoms with Crippen molar-refractivity contribution in [1.29, 1.82) is 0 Å². The van der Waals surface area contributed by atoms with Gasteiger partial charge >= 0.3 is 0 Å². The summed E-state index contributed by atoms with van der Waals surface area (Å²) >= 11 is 0. The number of hydrogen-bond donors (Lipinski definition) is 2. The zero-order valence-electron chi connectivity index (χ0n) is 12.3. The van der Waals surface area contributed by atoms with E-state index >= 15 is 0 Å². The van der Waals surface area contributed by atoms with Gasteiger partial charge < -0.3 is 10.8 Å². The average molecular weight is 270 g/mol. The maximum atomic E-state index is 12.0. The number of Topliss-reactive ketones (excluding diaryl/α,β-unsaturated/α-hetero) is 1. The molecule has 2 atom stereocenters. The minimum Gasteiger partial charge on any atom is -0.395 e. The molecule has 0 aliphatic heterocycles. The molecular formula is C15H30N2O2. The number of ketones is 1. The zero-order valence-corrected chi connectivity index (χ0v) is 12.3. The van der Waals surface area contributed by atoms with Crippen molar-refractivity contribution < 1.29 is 9.90 Å². The fourth-order valence-electron chi connectivity index (χ4n) is 3.21. The van der Waals surface area contributed by atoms with E-state index in [1.807, 2.05) is 0 Å². The Kier molecular flexibility index (Phi) is 8.26. The van der Waals surface area contributed by atoms with Crippen molar-refractivity contribution in [2.24, 2.45) is 11.7 Å². The van der Waals surface area contributed by atoms with Gasteiger partial charge in [0.25, 0.3) is 0 Å². The molecule has 1 rings (SSSR count). The summed E-state index contributed by atoms with van der Waals surface area (Å²) in [7, 11) is 0. The Morgan fingerprint density at radius 3 is 2.74 bits per heavy atom. The van der Waals surface area contributed by atoms with Gasteiger partial charge in [-0.15, -0.1) is 0 Å². The Morgan fingerprint density at radius 2 is 2.11 bits per heavy atom. The van der Waals surface area contributed by atoms with Gasteiger partial charge in [0.2, 0.25) is 0 Å². The molecule has 1 aliphatic carbocycles. The maximum absolute atomic E-state index is 12.0. The smallest absolute Gasteiger partial charge is 0.137 e. The minimum atomic E-state index is 0.146. The maximum Gasteiger partial charge on any atom is 0.137 e. The number of aliphatic hydroxyl groups is 1. The SMILES string of the molecule is CCCCCCC1C(=O)CCC1N(CCN)CCO. The number of carbonyl (C=O) groups is 1. The molecule has 4 nitrogen and oxygen atoms in total. The lowest BCUT2D eigenvalue weighted by Crippen LogP contribution is -2.43. The van der Waals surface area contributed by atoms with Crippen molar-refractivity contribution in [2.45, 2.75) is 57.9 Å². The van der Waals surface area contributed by atoms with Gasteiger partial charge in [0, 0.05) is 38.0 Å². The molecule has 1 saturated carbocycles. The average Bonchev–Trinajstić information content (AvgIpc) is 2.76. The lowest BCUT2D eigenvalue weighted by molar-refractivity contribution is -0.121. The van der Waals surface area contributed by atoms with Crippen LogP contribution >= 0.6 is 0 Å². The molecule has 112 valence electrons. The topological polar surface area (TPSA) is 66.6 Å². The van der Waals surface area contributed by atoms with Crippen molar-refractivity contribution >= 4 is 5.78 Å². The minimum absolute atomic E-state index is 0.146. The summed E-state index contributed by atoms with van der Waals surface area (Å²) in [5, 5.41) is 9.15. The van der Waals surface area contributed by atoms with E-state index in [0.717, 1.165) is 25.8 Å². The van der Waals surface area contributed by atoms with Crippen LogP contribution in [0.3, 0.4) is 0 Å². The molecule has 2 unspecified atom stereocenters. The molecule has 1 fully saturated rings. The molecule has 0 aromatic carbocycles. The first-order chi connectivity index (χ1) is 9.24. The standard InChI is InChI=1S/C15H30N2O2/c1-2-3-4-5-6-13-14(7-8-15(13)19)17(10-9-16)11-12-18/h13-14,18H,2-12,16H2,1H3. The summed E-state index contributed by atoms with van der Waals surface area (Å²) in [5.41, 5.74) is 5.64. The van der Waals surface area contributed by atoms with Crippen LogP contribution in [0.15, 0.2) is 0 Å². The predicted octanol–water partition coefficient (Wildman–Crippen LogP) is 1.56. The summed E-state index contributed by atoms with van der Waals surface area (Å²) in [6.45, 7) is 4.36. The van der Waals surface area contributed by atoms with Crippen molar-refractivity contribution in [3.05, 3.63) is 0 Å². The van der Waals surface area contributed by atoms with Gasteiger partial charge in [0.1, 0.15) is 5.78 Å². The molecule has 0 aromatic rings. The fraction of sp³-hybridized carbons (Fsp3) is 0.933. The van der Waals surface area contributed by atoms with E-state index in [9.17, 15) is 4.79 Å². The normalized spacial score (nSPS) is 23.5. The summed E-state index contributed by atoms with van der Waals surface area (Å²) in [5.74, 6) is 0.594. The largest absolute Gasteiger partial charge is 0.395 e. The second kappa shape index (κ2) is 9.45. The van der Waals surface area contributed by atoms with E-state index in [1.165, 1.54) is 19.3 Å². The van der Waals surface area contributed by atoms with E-state index in [0.29, 0.717) is 31.3 Å². The van der Waals surface area contributed by atoms with Gasteiger partial charge in [-0.1, -0.05) is 32.6 Å². The number of rotatable bonds is 10. The van der Waals surface area contributed by atoms with Gasteiger partial charge in [0.05, 0.1) is 6.61 Å². The van der Waals surface area contributed by atoms with Gasteiger partial charge in [0.15, 0.2) is 0 Å². The van der Waals surface area contributed by atoms with Crippen LogP contribution in [0.25, 0.3) is 0 Å². The first-order valence-corrected chi connectivity index (χ1v) is 7.82. The highest BCUT2D eigenvalue weighted by Gasteiger charge is 2.37. The summed E-state index contributed by atoms with van der Waals surface area (Å²) in [6.07, 6.45) is 7.52. The number of unbranched alkanes of at least 4 members (excludes halogenated alkanes) is 3. The second-order valence-electron chi connectivity index (χ2n) is 5.58. The molecule has 0 spiro atoms. The van der Waals surface area contributed by atoms with Crippen molar-refractivity contribution in [3.8, 4) is 0 Å². The van der Waals surface area contributed by atoms with E-state index in [2.05, 4.69) is 11.8 Å². The molecule has 0 amide bonds. The Labute approximate surface area is 117 Å². The highest BCUT2D eigenvalue weighted by Crippen LogP contribution is 2.31. The molecule has 0 saturated heterocycles. The van der Waals surface area contributed by atoms with Crippen LogP contribution in [0.4, 0.5) is 0 Å². The predicted molar refractivity (Wildman–Crippen MR) is 78.0 cm³/mol. The van der Waals surface area contributed by atoms with Crippen molar-refractivity contribution in [2.75, 3.05) is 26.2 Å². The summed E-state index contributed by atoms with van der Waals surface area (Å²) < 4.78 is 0. The molecule has 19 heavy (non-hydrogen) atoms. The third-order valence-corrected chi connectivity index (χ3v) is 4.21. The number of nitrogens with two attached hydrogens (primary N) is 1. The molecular weight excluding hydrogens is 240 g/mol. The number of hydrogen-bond acceptors (Lipinski definition) is 4. The number of carbonyl (C=O) groups excluding carboxylic acids is 1. The number of nitrogens with zero attached hydrogens (tertiary/aromatic N) is 1. The van der Waals surface area contributed by atoms with Crippen LogP contribution < -0.4 is 5.73 Å².